The predicted molar refractivity (Wildman–Crippen MR) is 134 cm³/mol. The molecule has 0 saturated heterocycles. The van der Waals surface area contributed by atoms with Crippen LogP contribution in [0.2, 0.25) is 0 Å². The molecule has 4 heterocycles. The number of nitrogens with zero attached hydrogens (tertiary/aromatic N) is 2. The van der Waals surface area contributed by atoms with Gasteiger partial charge in [0, 0.05) is 33.9 Å². The van der Waals surface area contributed by atoms with Crippen molar-refractivity contribution in [2.24, 2.45) is 0 Å². The summed E-state index contributed by atoms with van der Waals surface area (Å²) in [5.74, 6) is 0. The Kier molecular flexibility index (Phi) is 18.9. The van der Waals surface area contributed by atoms with Crippen LogP contribution in [0, 0.1) is 13.8 Å². The lowest BCUT2D eigenvalue weighted by molar-refractivity contribution is 1.23. The molecule has 0 radical (unpaired) electrons. The van der Waals surface area contributed by atoms with E-state index in [-0.39, 0.29) is 0 Å². The Morgan fingerprint density at radius 3 is 1.64 bits per heavy atom. The second kappa shape index (κ2) is 18.6. The summed E-state index contributed by atoms with van der Waals surface area (Å²) < 4.78 is 2.60. The molecule has 0 saturated carbocycles. The Balaban J connectivity index is 0. The van der Waals surface area contributed by atoms with Gasteiger partial charge in [-0.3, -0.25) is 9.97 Å². The van der Waals surface area contributed by atoms with Gasteiger partial charge in [0.25, 0.3) is 0 Å². The molecule has 156 valence electrons. The third-order valence-corrected chi connectivity index (χ3v) is 4.70. The van der Waals surface area contributed by atoms with Gasteiger partial charge in [-0.15, -0.1) is 22.7 Å². The van der Waals surface area contributed by atoms with Crippen molar-refractivity contribution in [3.8, 4) is 0 Å². The number of hydrogen-bond acceptors (Lipinski definition) is 4. The van der Waals surface area contributed by atoms with Crippen LogP contribution < -0.4 is 0 Å². The molecule has 0 fully saturated rings. The fourth-order valence-electron chi connectivity index (χ4n) is 1.93. The topological polar surface area (TPSA) is 25.8 Å². The third kappa shape index (κ3) is 9.95. The second-order valence-electron chi connectivity index (χ2n) is 4.57. The monoisotopic (exact) mass is 418 g/mol. The van der Waals surface area contributed by atoms with E-state index in [0.29, 0.717) is 0 Å². The number of thiophene rings is 2. The maximum absolute atomic E-state index is 4.19. The molecule has 0 aliphatic carbocycles. The van der Waals surface area contributed by atoms with Gasteiger partial charge in [-0.25, -0.2) is 0 Å². The van der Waals surface area contributed by atoms with Crippen LogP contribution >= 0.6 is 22.7 Å². The van der Waals surface area contributed by atoms with E-state index in [0.717, 1.165) is 11.4 Å². The van der Waals surface area contributed by atoms with E-state index < -0.39 is 0 Å². The van der Waals surface area contributed by atoms with Gasteiger partial charge in [0.15, 0.2) is 0 Å². The summed E-state index contributed by atoms with van der Waals surface area (Å²) in [5, 5.41) is 6.73. The van der Waals surface area contributed by atoms with Crippen LogP contribution in [0.25, 0.3) is 20.2 Å². The average Bonchev–Trinajstić information content (AvgIpc) is 3.43. The first-order chi connectivity index (χ1) is 13.7. The third-order valence-electron chi connectivity index (χ3n) is 2.95. The first kappa shape index (κ1) is 28.4. The fourth-order valence-corrected chi connectivity index (χ4v) is 3.53. The number of rotatable bonds is 0. The molecule has 0 N–H and O–H groups in total. The largest absolute Gasteiger partial charge is 0.261 e. The standard InChI is InChI=1S/2C8H7NS.4C2H6/c1-6-4-8-7(5-9-6)2-3-10-8;1-6-4-7-2-3-10-8(7)5-9-6;4*1-2/h2*2-5H,1H3;4*1-2H3. The molecule has 4 aromatic heterocycles. The maximum atomic E-state index is 4.19. The molecule has 28 heavy (non-hydrogen) atoms. The van der Waals surface area contributed by atoms with Crippen molar-refractivity contribution in [1.82, 2.24) is 9.97 Å². The molecule has 0 bridgehead atoms. The van der Waals surface area contributed by atoms with Crippen LogP contribution in [0.3, 0.4) is 0 Å². The summed E-state index contributed by atoms with van der Waals surface area (Å²) in [6, 6.07) is 8.42. The molecular weight excluding hydrogens is 380 g/mol. The summed E-state index contributed by atoms with van der Waals surface area (Å²) in [7, 11) is 0. The first-order valence-corrected chi connectivity index (χ1v) is 12.1. The minimum atomic E-state index is 1.09. The molecule has 4 aromatic rings. The minimum absolute atomic E-state index is 1.09. The number of fused-ring (bicyclic) bond motifs is 2. The van der Waals surface area contributed by atoms with Crippen molar-refractivity contribution in [3.05, 3.63) is 58.8 Å². The SMILES string of the molecule is CC.CC.CC.CC.Cc1cc2ccsc2cn1.Cc1cc2sccc2cn1. The van der Waals surface area contributed by atoms with Crippen LogP contribution in [0.4, 0.5) is 0 Å². The van der Waals surface area contributed by atoms with Crippen molar-refractivity contribution in [1.29, 1.82) is 0 Å². The number of aryl methyl sites for hydroxylation is 2. The average molecular weight is 419 g/mol. The highest BCUT2D eigenvalue weighted by Crippen LogP contribution is 2.20. The molecule has 0 aromatic carbocycles. The fraction of sp³-hybridized carbons (Fsp3) is 0.417. The van der Waals surface area contributed by atoms with Crippen LogP contribution in [0.1, 0.15) is 66.8 Å². The van der Waals surface area contributed by atoms with E-state index in [1.54, 1.807) is 22.7 Å². The van der Waals surface area contributed by atoms with E-state index in [1.807, 2.05) is 81.6 Å². The summed E-state index contributed by atoms with van der Waals surface area (Å²) >= 11 is 3.49. The lowest BCUT2D eigenvalue weighted by Crippen LogP contribution is -1.75. The van der Waals surface area contributed by atoms with E-state index in [2.05, 4.69) is 45.0 Å². The number of hydrogen-bond donors (Lipinski definition) is 0. The zero-order valence-corrected chi connectivity index (χ0v) is 21.0. The normalized spacial score (nSPS) is 8.36. The smallest absolute Gasteiger partial charge is 0.0526 e. The van der Waals surface area contributed by atoms with E-state index in [4.69, 9.17) is 0 Å². The molecular formula is C24H38N2S2. The molecule has 4 rings (SSSR count). The van der Waals surface area contributed by atoms with Crippen molar-refractivity contribution >= 4 is 42.8 Å². The van der Waals surface area contributed by atoms with Gasteiger partial charge in [-0.2, -0.15) is 0 Å². The first-order valence-electron chi connectivity index (χ1n) is 10.3. The molecule has 0 unspecified atom stereocenters. The molecule has 0 spiro atoms. The molecule has 0 amide bonds. The van der Waals surface area contributed by atoms with Gasteiger partial charge in [-0.1, -0.05) is 55.4 Å². The van der Waals surface area contributed by atoms with Crippen molar-refractivity contribution in [2.75, 3.05) is 0 Å². The quantitative estimate of drug-likeness (QED) is 0.284. The molecule has 4 heteroatoms. The summed E-state index contributed by atoms with van der Waals surface area (Å²) in [5.41, 5.74) is 2.18. The van der Waals surface area contributed by atoms with Gasteiger partial charge in [0.2, 0.25) is 0 Å². The summed E-state index contributed by atoms with van der Waals surface area (Å²) in [6.45, 7) is 20.0. The Morgan fingerprint density at radius 2 is 1.04 bits per heavy atom. The summed E-state index contributed by atoms with van der Waals surface area (Å²) in [4.78, 5) is 8.38. The summed E-state index contributed by atoms with van der Waals surface area (Å²) in [6.07, 6.45) is 3.84. The van der Waals surface area contributed by atoms with Crippen LogP contribution in [0.5, 0.6) is 0 Å². The maximum Gasteiger partial charge on any atom is 0.0526 e. The van der Waals surface area contributed by atoms with E-state index >= 15 is 0 Å². The van der Waals surface area contributed by atoms with E-state index in [9.17, 15) is 0 Å². The Labute approximate surface area is 180 Å². The van der Waals surface area contributed by atoms with Crippen LogP contribution in [-0.2, 0) is 0 Å². The van der Waals surface area contributed by atoms with Crippen LogP contribution in [-0.4, -0.2) is 9.97 Å². The lowest BCUT2D eigenvalue weighted by Gasteiger charge is -1.89. The van der Waals surface area contributed by atoms with Crippen LogP contribution in [0.15, 0.2) is 47.4 Å². The highest BCUT2D eigenvalue weighted by molar-refractivity contribution is 7.17. The van der Waals surface area contributed by atoms with Crippen molar-refractivity contribution < 1.29 is 0 Å². The number of aromatic nitrogens is 2. The molecule has 2 nitrogen and oxygen atoms in total. The second-order valence-corrected chi connectivity index (χ2v) is 6.46. The molecule has 0 aliphatic rings. The predicted octanol–water partition coefficient (Wildman–Crippen LogP) is 9.31. The molecule has 0 atom stereocenters. The zero-order chi connectivity index (χ0) is 21.9. The van der Waals surface area contributed by atoms with Crippen molar-refractivity contribution in [2.45, 2.75) is 69.2 Å². The highest BCUT2D eigenvalue weighted by Gasteiger charge is 1.94. The van der Waals surface area contributed by atoms with Gasteiger partial charge in [-0.05, 0) is 54.3 Å². The zero-order valence-electron chi connectivity index (χ0n) is 19.3. The van der Waals surface area contributed by atoms with E-state index in [1.165, 1.54) is 20.2 Å². The highest BCUT2D eigenvalue weighted by atomic mass is 32.1. The lowest BCUT2D eigenvalue weighted by atomic mass is 10.3. The van der Waals surface area contributed by atoms with Gasteiger partial charge < -0.3 is 0 Å². The Bertz CT molecular complexity index is 776. The Hall–Kier alpha value is -1.78. The number of pyridine rings is 2. The van der Waals surface area contributed by atoms with Crippen molar-refractivity contribution in [3.63, 3.8) is 0 Å². The van der Waals surface area contributed by atoms with Gasteiger partial charge in [0.1, 0.15) is 0 Å². The Morgan fingerprint density at radius 1 is 0.571 bits per heavy atom. The minimum Gasteiger partial charge on any atom is -0.261 e. The van der Waals surface area contributed by atoms with Gasteiger partial charge in [0.05, 0.1) is 4.70 Å². The van der Waals surface area contributed by atoms with Gasteiger partial charge >= 0.3 is 0 Å². The molecule has 0 aliphatic heterocycles.